The fourth-order valence-electron chi connectivity index (χ4n) is 9.23. The number of likely N-dealkylation sites (N-methyl/N-ethyl adjacent to an activating group) is 1. The fourth-order valence-corrected chi connectivity index (χ4v) is 9.23. The number of aliphatic hydroxyl groups excluding tert-OH is 1. The maximum absolute atomic E-state index is 14.4. The Bertz CT molecular complexity index is 1930. The van der Waals surface area contributed by atoms with Gasteiger partial charge >= 0.3 is 12.1 Å². The minimum Gasteiger partial charge on any atom is -0.457 e. The minimum atomic E-state index is -1.50. The molecule has 1 aromatic carbocycles. The molecule has 3 fully saturated rings. The van der Waals surface area contributed by atoms with Gasteiger partial charge in [-0.2, -0.15) is 0 Å². The minimum absolute atomic E-state index is 0.156. The molecule has 1 amide bonds. The third-order valence-corrected chi connectivity index (χ3v) is 13.0. The van der Waals surface area contributed by atoms with Gasteiger partial charge in [0.05, 0.1) is 34.6 Å². The monoisotopic (exact) mass is 869 g/mol. The van der Waals surface area contributed by atoms with Crippen molar-refractivity contribution in [2.75, 3.05) is 27.7 Å². The van der Waals surface area contributed by atoms with Gasteiger partial charge in [0.1, 0.15) is 18.1 Å². The zero-order valence-electron chi connectivity index (χ0n) is 38.3. The molecule has 62 heavy (non-hydrogen) atoms. The number of aryl methyl sites for hydroxylation is 1. The van der Waals surface area contributed by atoms with E-state index in [1.165, 1.54) is 14.0 Å². The van der Waals surface area contributed by atoms with Crippen molar-refractivity contribution >= 4 is 40.6 Å². The van der Waals surface area contributed by atoms with Crippen molar-refractivity contribution in [1.29, 1.82) is 0 Å². The van der Waals surface area contributed by atoms with Crippen LogP contribution in [0.4, 0.5) is 4.79 Å². The number of aromatic nitrogens is 2. The Hall–Kier alpha value is -4.29. The molecule has 17 nitrogen and oxygen atoms in total. The third kappa shape index (κ3) is 10.7. The topological polar surface area (TPSA) is 207 Å². The smallest absolute Gasteiger partial charge is 0.457 e. The number of fused-ring (bicyclic) bond motifs is 2. The van der Waals surface area contributed by atoms with Crippen LogP contribution in [0.1, 0.15) is 93.6 Å². The summed E-state index contributed by atoms with van der Waals surface area (Å²) in [4.78, 5) is 71.1. The Kier molecular flexibility index (Phi) is 16.1. The van der Waals surface area contributed by atoms with Crippen LogP contribution in [0.3, 0.4) is 0 Å². The first-order valence-electron chi connectivity index (χ1n) is 21.8. The normalized spacial score (nSPS) is 36.0. The molecule has 1 aromatic heterocycles. The van der Waals surface area contributed by atoms with E-state index >= 15 is 0 Å². The molecule has 3 saturated heterocycles. The van der Waals surface area contributed by atoms with Gasteiger partial charge in [-0.1, -0.05) is 38.9 Å². The van der Waals surface area contributed by atoms with Crippen molar-refractivity contribution in [1.82, 2.24) is 20.2 Å². The lowest BCUT2D eigenvalue weighted by atomic mass is 9.74. The molecule has 0 spiro atoms. The number of benzene rings is 1. The molecule has 5 rings (SSSR count). The first-order chi connectivity index (χ1) is 29.2. The highest BCUT2D eigenvalue weighted by molar-refractivity contribution is 6.00. The molecule has 4 heterocycles. The van der Waals surface area contributed by atoms with E-state index in [1.54, 1.807) is 53.9 Å². The second-order valence-electron chi connectivity index (χ2n) is 17.9. The number of hydrogen-bond donors (Lipinski definition) is 2. The zero-order valence-corrected chi connectivity index (χ0v) is 38.3. The van der Waals surface area contributed by atoms with Crippen molar-refractivity contribution in [3.8, 4) is 0 Å². The summed E-state index contributed by atoms with van der Waals surface area (Å²) in [5, 5.41) is 19.1. The lowest BCUT2D eigenvalue weighted by Gasteiger charge is -2.47. The molecule has 0 radical (unpaired) electrons. The van der Waals surface area contributed by atoms with Crippen molar-refractivity contribution < 1.29 is 57.5 Å². The van der Waals surface area contributed by atoms with E-state index < -0.39 is 89.6 Å². The van der Waals surface area contributed by atoms with Crippen LogP contribution in [-0.4, -0.2) is 137 Å². The number of ketones is 1. The van der Waals surface area contributed by atoms with Crippen LogP contribution >= 0.6 is 0 Å². The molecule has 1 unspecified atom stereocenters. The predicted molar refractivity (Wildman–Crippen MR) is 228 cm³/mol. The number of methoxy groups -OCH3 is 1. The Labute approximate surface area is 364 Å². The number of carbonyl (C=O) groups excluding carboxylic acids is 4. The van der Waals surface area contributed by atoms with E-state index in [-0.39, 0.29) is 30.9 Å². The number of aliphatic hydroxyl groups is 1. The number of esters is 1. The number of carbonyl (C=O) groups is 4. The average Bonchev–Trinajstić information content (AvgIpc) is 3.56. The number of cyclic esters (lactones) is 1. The van der Waals surface area contributed by atoms with E-state index in [4.69, 9.17) is 33.3 Å². The number of nitrogens with one attached hydrogen (secondary N) is 1. The van der Waals surface area contributed by atoms with Crippen LogP contribution in [0.2, 0.25) is 0 Å². The summed E-state index contributed by atoms with van der Waals surface area (Å²) in [7, 11) is 5.23. The Morgan fingerprint density at radius 2 is 1.74 bits per heavy atom. The maximum atomic E-state index is 14.4. The van der Waals surface area contributed by atoms with Gasteiger partial charge in [-0.3, -0.25) is 24.4 Å². The van der Waals surface area contributed by atoms with Crippen LogP contribution in [0.25, 0.3) is 11.0 Å². The SMILES string of the molecule is CCC1OC(=O)[C@H](C)C(=O)[C@H](C)[C@H](O[C@@H]2O[C@H](C)C[C@H](N(C)C)[C@H]2O)[C@](C)(OC)C[C@@H](C)/C(=N\O[C@H](C)C(=O)NCCCc2ccc3nccnc3c2)[C@H](C)[C@H]2OC(=O)O[C@]12C. The van der Waals surface area contributed by atoms with Gasteiger partial charge < -0.3 is 48.6 Å². The van der Waals surface area contributed by atoms with E-state index in [2.05, 4.69) is 20.4 Å². The number of rotatable bonds is 12. The van der Waals surface area contributed by atoms with Crippen LogP contribution in [0.15, 0.2) is 35.7 Å². The molecule has 0 aliphatic carbocycles. The zero-order chi connectivity index (χ0) is 45.7. The molecule has 0 bridgehead atoms. The maximum Gasteiger partial charge on any atom is 0.509 e. The van der Waals surface area contributed by atoms with E-state index in [0.717, 1.165) is 16.6 Å². The highest BCUT2D eigenvalue weighted by atomic mass is 16.8. The fraction of sp³-hybridized carbons (Fsp3) is 0.711. The van der Waals surface area contributed by atoms with E-state index in [0.29, 0.717) is 31.5 Å². The number of ether oxygens (including phenoxy) is 6. The summed E-state index contributed by atoms with van der Waals surface area (Å²) in [6, 6.07) is 5.60. The molecule has 3 aliphatic rings. The Morgan fingerprint density at radius 1 is 1.05 bits per heavy atom. The molecule has 17 heteroatoms. The first-order valence-corrected chi connectivity index (χ1v) is 21.8. The molecule has 344 valence electrons. The molecular formula is C45H67N5O12. The highest BCUT2D eigenvalue weighted by Crippen LogP contribution is 2.42. The van der Waals surface area contributed by atoms with Gasteiger partial charge in [-0.05, 0) is 98.5 Å². The summed E-state index contributed by atoms with van der Waals surface area (Å²) in [5.74, 6) is -5.17. The first kappa shape index (κ1) is 48.7. The van der Waals surface area contributed by atoms with Crippen LogP contribution in [-0.2, 0) is 54.1 Å². The van der Waals surface area contributed by atoms with Crippen LogP contribution < -0.4 is 5.32 Å². The molecule has 2 N–H and O–H groups in total. The average molecular weight is 870 g/mol. The van der Waals surface area contributed by atoms with Gasteiger partial charge in [-0.25, -0.2) is 4.79 Å². The summed E-state index contributed by atoms with van der Waals surface area (Å²) in [5.41, 5.74) is 0.289. The summed E-state index contributed by atoms with van der Waals surface area (Å²) in [6.07, 6.45) is -2.00. The number of nitrogens with zero attached hydrogens (tertiary/aromatic N) is 4. The molecule has 2 aromatic rings. The largest absolute Gasteiger partial charge is 0.509 e. The van der Waals surface area contributed by atoms with Crippen molar-refractivity contribution in [2.24, 2.45) is 28.8 Å². The molecular weight excluding hydrogens is 803 g/mol. The van der Waals surface area contributed by atoms with Crippen molar-refractivity contribution in [3.63, 3.8) is 0 Å². The van der Waals surface area contributed by atoms with Crippen LogP contribution in [0.5, 0.6) is 0 Å². The quantitative estimate of drug-likeness (QED) is 0.127. The number of hydrogen-bond acceptors (Lipinski definition) is 16. The highest BCUT2D eigenvalue weighted by Gasteiger charge is 2.59. The lowest BCUT2D eigenvalue weighted by molar-refractivity contribution is -0.295. The number of amides is 1. The summed E-state index contributed by atoms with van der Waals surface area (Å²) < 4.78 is 36.8. The van der Waals surface area contributed by atoms with Gasteiger partial charge in [0, 0.05) is 49.8 Å². The van der Waals surface area contributed by atoms with Gasteiger partial charge in [-0.15, -0.1) is 0 Å². The summed E-state index contributed by atoms with van der Waals surface area (Å²) in [6.45, 7) is 15.9. The van der Waals surface area contributed by atoms with Crippen molar-refractivity contribution in [2.45, 2.75) is 155 Å². The summed E-state index contributed by atoms with van der Waals surface area (Å²) >= 11 is 0. The number of Topliss-reactive ketones (excluding diaryl/α,β-unsaturated/α-hetero) is 1. The van der Waals surface area contributed by atoms with E-state index in [1.807, 2.05) is 51.0 Å². The van der Waals surface area contributed by atoms with Crippen molar-refractivity contribution in [3.05, 3.63) is 36.2 Å². The van der Waals surface area contributed by atoms with Gasteiger partial charge in [0.2, 0.25) is 6.10 Å². The third-order valence-electron chi connectivity index (χ3n) is 13.0. The molecule has 0 saturated carbocycles. The molecule has 14 atom stereocenters. The van der Waals surface area contributed by atoms with Gasteiger partial charge in [0.25, 0.3) is 5.91 Å². The molecule has 3 aliphatic heterocycles. The van der Waals surface area contributed by atoms with E-state index in [9.17, 15) is 24.3 Å². The standard InChI is InChI=1S/C45H67N5O12/c1-13-34-45(9)39(60-43(55)61-45)26(4)35(49-62-29(7)40(53)48-18-14-15-30-16-17-31-32(22-30)47-20-19-46-31)24(2)23-44(8,56-12)38(27(5)36(51)28(6)41(54)58-34)59-42-37(52)33(50(10)11)21-25(3)57-42/h16-17,19-20,22,24-29,33-34,37-39,42,52H,13-15,18,21,23H2,1-12H3,(H,48,53)/b49-35+/t24-,25-,26+,27+,28-,29-,33+,34?,37-,38+,39-,42+,44-,45-/m1/s1. The van der Waals surface area contributed by atoms with Gasteiger partial charge in [0.15, 0.2) is 23.8 Å². The predicted octanol–water partition coefficient (Wildman–Crippen LogP) is 4.79. The van der Waals surface area contributed by atoms with Crippen LogP contribution in [0, 0.1) is 23.7 Å². The second-order valence-corrected chi connectivity index (χ2v) is 17.9. The number of oxime groups is 1. The Morgan fingerprint density at radius 3 is 2.40 bits per heavy atom. The second kappa shape index (κ2) is 20.5. The lowest BCUT2D eigenvalue weighted by Crippen LogP contribution is -2.59. The Balaban J connectivity index is 1.45.